The van der Waals surface area contributed by atoms with Crippen LogP contribution in [0.15, 0.2) is 107 Å². The molecule has 1 amide bonds. The van der Waals surface area contributed by atoms with Gasteiger partial charge in [0.2, 0.25) is 5.66 Å². The Morgan fingerprint density at radius 3 is 2.29 bits per heavy atom. The van der Waals surface area contributed by atoms with E-state index in [2.05, 4.69) is 21.2 Å². The number of amidine groups is 1. The van der Waals surface area contributed by atoms with Gasteiger partial charge < -0.3 is 5.32 Å². The van der Waals surface area contributed by atoms with Crippen LogP contribution in [0.4, 0.5) is 17.1 Å². The summed E-state index contributed by atoms with van der Waals surface area (Å²) >= 11 is 16.2. The Balaban J connectivity index is 1.70. The minimum atomic E-state index is -1.33. The molecule has 0 saturated heterocycles. The molecule has 1 spiro atoms. The molecular formula is C27H17BrCl2N4O. The van der Waals surface area contributed by atoms with Gasteiger partial charge in [-0.05, 0) is 72.8 Å². The first-order valence-corrected chi connectivity index (χ1v) is 12.4. The molecule has 5 nitrogen and oxygen atoms in total. The largest absolute Gasteiger partial charge is 0.322 e. The average molecular weight is 564 g/mol. The van der Waals surface area contributed by atoms with E-state index in [1.807, 2.05) is 95.9 Å². The third-order valence-corrected chi connectivity index (χ3v) is 7.11. The number of hydrogen-bond acceptors (Lipinski definition) is 4. The number of nitrogens with zero attached hydrogens (tertiary/aromatic N) is 3. The average Bonchev–Trinajstić information content (AvgIpc) is 3.36. The zero-order valence-corrected chi connectivity index (χ0v) is 21.2. The predicted molar refractivity (Wildman–Crippen MR) is 145 cm³/mol. The van der Waals surface area contributed by atoms with Crippen molar-refractivity contribution in [2.24, 2.45) is 5.10 Å². The first-order chi connectivity index (χ1) is 17.0. The molecule has 1 N–H and O–H groups in total. The maximum Gasteiger partial charge on any atom is 0.278 e. The monoisotopic (exact) mass is 562 g/mol. The second-order valence-corrected chi connectivity index (χ2v) is 10.00. The van der Waals surface area contributed by atoms with E-state index in [4.69, 9.17) is 28.3 Å². The first kappa shape index (κ1) is 22.2. The van der Waals surface area contributed by atoms with Crippen molar-refractivity contribution in [2.75, 3.05) is 15.2 Å². The van der Waals surface area contributed by atoms with Gasteiger partial charge in [-0.3, -0.25) is 9.69 Å². The Kier molecular flexibility index (Phi) is 5.33. The number of fused-ring (bicyclic) bond motifs is 2. The molecule has 1 atom stereocenters. The van der Waals surface area contributed by atoms with Crippen molar-refractivity contribution >= 4 is 67.9 Å². The maximum atomic E-state index is 14.1. The van der Waals surface area contributed by atoms with Gasteiger partial charge in [0.05, 0.1) is 5.69 Å². The van der Waals surface area contributed by atoms with E-state index >= 15 is 0 Å². The van der Waals surface area contributed by atoms with Gasteiger partial charge in [-0.25, -0.2) is 5.01 Å². The Hall–Kier alpha value is -3.32. The van der Waals surface area contributed by atoms with Gasteiger partial charge in [-0.2, -0.15) is 5.10 Å². The van der Waals surface area contributed by atoms with Gasteiger partial charge >= 0.3 is 0 Å². The summed E-state index contributed by atoms with van der Waals surface area (Å²) in [6, 6.07) is 30.3. The third-order valence-electron chi connectivity index (χ3n) is 6.13. The number of amides is 1. The minimum Gasteiger partial charge on any atom is -0.322 e. The Bertz CT molecular complexity index is 1490. The Morgan fingerprint density at radius 1 is 0.800 bits per heavy atom. The fourth-order valence-electron chi connectivity index (χ4n) is 4.66. The highest BCUT2D eigenvalue weighted by atomic mass is 79.9. The van der Waals surface area contributed by atoms with Crippen molar-refractivity contribution in [3.63, 3.8) is 0 Å². The van der Waals surface area contributed by atoms with Crippen LogP contribution in [-0.2, 0) is 10.5 Å². The second kappa shape index (κ2) is 8.41. The van der Waals surface area contributed by atoms with Gasteiger partial charge in [-0.15, -0.1) is 0 Å². The second-order valence-electron chi connectivity index (χ2n) is 8.21. The molecule has 0 aromatic heterocycles. The van der Waals surface area contributed by atoms with Crippen LogP contribution >= 0.6 is 39.1 Å². The van der Waals surface area contributed by atoms with Crippen molar-refractivity contribution < 1.29 is 4.79 Å². The molecule has 0 saturated carbocycles. The van der Waals surface area contributed by atoms with Crippen LogP contribution in [0, 0.1) is 0 Å². The van der Waals surface area contributed by atoms with Crippen LogP contribution in [0.25, 0.3) is 0 Å². The van der Waals surface area contributed by atoms with Crippen molar-refractivity contribution in [2.45, 2.75) is 5.66 Å². The van der Waals surface area contributed by atoms with Gasteiger partial charge in [0.1, 0.15) is 0 Å². The highest BCUT2D eigenvalue weighted by Crippen LogP contribution is 2.51. The van der Waals surface area contributed by atoms with E-state index in [-0.39, 0.29) is 5.91 Å². The fourth-order valence-corrected chi connectivity index (χ4v) is 5.33. The molecule has 0 radical (unpaired) electrons. The van der Waals surface area contributed by atoms with E-state index in [1.54, 1.807) is 11.1 Å². The summed E-state index contributed by atoms with van der Waals surface area (Å²) in [6.45, 7) is 0. The summed E-state index contributed by atoms with van der Waals surface area (Å²) in [5.74, 6) is 0.373. The predicted octanol–water partition coefficient (Wildman–Crippen LogP) is 7.25. The van der Waals surface area contributed by atoms with Crippen molar-refractivity contribution in [1.29, 1.82) is 0 Å². The summed E-state index contributed by atoms with van der Waals surface area (Å²) in [7, 11) is 0. The molecule has 4 aromatic carbocycles. The zero-order chi connectivity index (χ0) is 24.2. The van der Waals surface area contributed by atoms with Gasteiger partial charge in [-0.1, -0.05) is 63.4 Å². The standard InChI is InChI=1S/C27H17BrCl2N4O/c28-18-11-14-24-23(15-18)27(26(35)31-24)33(22-8-4-5-20(30)16-22)25(17-9-12-19(29)13-10-17)32-34(27)21-6-2-1-3-7-21/h1-16H,(H,31,35). The van der Waals surface area contributed by atoms with E-state index in [1.165, 1.54) is 0 Å². The number of carbonyl (C=O) groups excluding carboxylic acids is 1. The van der Waals surface area contributed by atoms with Crippen molar-refractivity contribution in [3.8, 4) is 0 Å². The number of para-hydroxylation sites is 1. The van der Waals surface area contributed by atoms with Crippen molar-refractivity contribution in [1.82, 2.24) is 0 Å². The molecule has 2 aliphatic rings. The van der Waals surface area contributed by atoms with Crippen LogP contribution in [-0.4, -0.2) is 11.7 Å². The molecule has 2 aliphatic heterocycles. The number of rotatable bonds is 3. The van der Waals surface area contributed by atoms with Crippen LogP contribution < -0.4 is 15.2 Å². The summed E-state index contributed by atoms with van der Waals surface area (Å²) < 4.78 is 0.853. The topological polar surface area (TPSA) is 47.9 Å². The number of nitrogens with one attached hydrogen (secondary N) is 1. The van der Waals surface area contributed by atoms with Crippen LogP contribution in [0.1, 0.15) is 11.1 Å². The smallest absolute Gasteiger partial charge is 0.278 e. The van der Waals surface area contributed by atoms with Crippen LogP contribution in [0.2, 0.25) is 10.0 Å². The molecule has 0 bridgehead atoms. The third kappa shape index (κ3) is 3.44. The van der Waals surface area contributed by atoms with E-state index in [0.717, 1.165) is 32.7 Å². The molecule has 8 heteroatoms. The molecule has 0 aliphatic carbocycles. The van der Waals surface area contributed by atoms with Crippen molar-refractivity contribution in [3.05, 3.63) is 123 Å². The van der Waals surface area contributed by atoms with Gasteiger partial charge in [0.25, 0.3) is 5.91 Å². The number of anilines is 3. The van der Waals surface area contributed by atoms with Crippen LogP contribution in [0.5, 0.6) is 0 Å². The number of carbonyl (C=O) groups is 1. The summed E-state index contributed by atoms with van der Waals surface area (Å²) in [5.41, 5.74) is 2.47. The van der Waals surface area contributed by atoms with E-state index in [0.29, 0.717) is 15.9 Å². The lowest BCUT2D eigenvalue weighted by Gasteiger charge is -2.40. The SMILES string of the molecule is O=C1Nc2ccc(Br)cc2C12N(c1ccccc1)N=C(c1ccc(Cl)cc1)N2c1cccc(Cl)c1. The maximum absolute atomic E-state index is 14.1. The highest BCUT2D eigenvalue weighted by Gasteiger charge is 2.61. The Morgan fingerprint density at radius 2 is 1.54 bits per heavy atom. The van der Waals surface area contributed by atoms with E-state index < -0.39 is 5.66 Å². The molecule has 6 rings (SSSR count). The van der Waals surface area contributed by atoms with E-state index in [9.17, 15) is 4.79 Å². The number of hydrogen-bond donors (Lipinski definition) is 1. The fraction of sp³-hybridized carbons (Fsp3) is 0.0370. The Labute approximate surface area is 220 Å². The molecule has 0 fully saturated rings. The summed E-state index contributed by atoms with van der Waals surface area (Å²) in [4.78, 5) is 16.1. The van der Waals surface area contributed by atoms with Gasteiger partial charge in [0, 0.05) is 37.0 Å². The molecular weight excluding hydrogens is 547 g/mol. The van der Waals surface area contributed by atoms with Crippen LogP contribution in [0.3, 0.4) is 0 Å². The molecule has 4 aromatic rings. The normalized spacial score (nSPS) is 18.6. The molecule has 172 valence electrons. The minimum absolute atomic E-state index is 0.220. The summed E-state index contributed by atoms with van der Waals surface area (Å²) in [5, 5.41) is 11.1. The number of halogens is 3. The quantitative estimate of drug-likeness (QED) is 0.285. The number of benzene rings is 4. The summed E-state index contributed by atoms with van der Waals surface area (Å²) in [6.07, 6.45) is 0. The molecule has 35 heavy (non-hydrogen) atoms. The molecule has 1 unspecified atom stereocenters. The first-order valence-electron chi connectivity index (χ1n) is 10.9. The lowest BCUT2D eigenvalue weighted by atomic mass is 9.96. The lowest BCUT2D eigenvalue weighted by molar-refractivity contribution is -0.120. The molecule has 2 heterocycles. The zero-order valence-electron chi connectivity index (χ0n) is 18.1. The van der Waals surface area contributed by atoms with Gasteiger partial charge in [0.15, 0.2) is 5.84 Å². The lowest BCUT2D eigenvalue weighted by Crippen LogP contribution is -2.58. The highest BCUT2D eigenvalue weighted by molar-refractivity contribution is 9.10. The number of hydrazone groups is 1.